The fourth-order valence-corrected chi connectivity index (χ4v) is 2.03. The number of ether oxygens (including phenoxy) is 1. The second-order valence-electron chi connectivity index (χ2n) is 4.36. The number of aromatic nitrogens is 2. The van der Waals surface area contributed by atoms with Gasteiger partial charge in [0.1, 0.15) is 0 Å². The van der Waals surface area contributed by atoms with E-state index in [1.54, 1.807) is 0 Å². The van der Waals surface area contributed by atoms with Crippen LogP contribution in [0.25, 0.3) is 0 Å². The van der Waals surface area contributed by atoms with E-state index >= 15 is 0 Å². The van der Waals surface area contributed by atoms with Crippen molar-refractivity contribution in [3.8, 4) is 0 Å². The Morgan fingerprint density at radius 1 is 1.53 bits per heavy atom. The van der Waals surface area contributed by atoms with Crippen LogP contribution in [0.4, 0.5) is 0 Å². The van der Waals surface area contributed by atoms with E-state index in [2.05, 4.69) is 30.0 Å². The Bertz CT molecular complexity index is 335. The zero-order valence-electron chi connectivity index (χ0n) is 9.73. The highest BCUT2D eigenvalue weighted by Gasteiger charge is 2.18. The molecule has 0 saturated carbocycles. The van der Waals surface area contributed by atoms with E-state index in [0.29, 0.717) is 0 Å². The maximum atomic E-state index is 5.71. The highest BCUT2D eigenvalue weighted by molar-refractivity contribution is 5.06. The second-order valence-corrected chi connectivity index (χ2v) is 4.36. The molecule has 2 rings (SSSR count). The Balaban J connectivity index is 1.99. The molecule has 0 spiro atoms. The van der Waals surface area contributed by atoms with Gasteiger partial charge < -0.3 is 9.64 Å². The highest BCUT2D eigenvalue weighted by Crippen LogP contribution is 2.08. The molecule has 0 aromatic carbocycles. The van der Waals surface area contributed by atoms with Crippen molar-refractivity contribution in [2.45, 2.75) is 26.5 Å². The minimum absolute atomic E-state index is 0.279. The van der Waals surface area contributed by atoms with Gasteiger partial charge in [0.25, 0.3) is 0 Å². The van der Waals surface area contributed by atoms with E-state index in [9.17, 15) is 0 Å². The lowest BCUT2D eigenvalue weighted by atomic mass is 10.3. The van der Waals surface area contributed by atoms with Crippen LogP contribution in [-0.4, -0.2) is 47.5 Å². The van der Waals surface area contributed by atoms with Crippen LogP contribution in [0.2, 0.25) is 0 Å². The van der Waals surface area contributed by atoms with Crippen molar-refractivity contribution in [3.63, 3.8) is 0 Å². The van der Waals surface area contributed by atoms with Gasteiger partial charge in [-0.05, 0) is 27.0 Å². The fourth-order valence-electron chi connectivity index (χ4n) is 2.03. The molecule has 1 fully saturated rings. The third-order valence-corrected chi connectivity index (χ3v) is 2.82. The average Bonchev–Trinajstić information content (AvgIpc) is 2.45. The maximum Gasteiger partial charge on any atom is 0.0898 e. The van der Waals surface area contributed by atoms with Crippen molar-refractivity contribution in [1.29, 1.82) is 0 Å². The van der Waals surface area contributed by atoms with Gasteiger partial charge in [-0.15, -0.1) is 0 Å². The Hall–Kier alpha value is -0.870. The Morgan fingerprint density at radius 2 is 2.33 bits per heavy atom. The van der Waals surface area contributed by atoms with Gasteiger partial charge in [-0.1, -0.05) is 0 Å². The molecule has 1 aliphatic rings. The standard InChI is InChI=1S/C11H19N3O/c1-9-6-10(2)14(12-9)8-11-7-13(3)4-5-15-11/h6,11H,4-5,7-8H2,1-3H3. The molecule has 1 aromatic rings. The molecule has 1 atom stereocenters. The van der Waals surface area contributed by atoms with Gasteiger partial charge in [0.05, 0.1) is 24.9 Å². The molecule has 1 aliphatic heterocycles. The van der Waals surface area contributed by atoms with E-state index in [1.807, 2.05) is 11.6 Å². The number of hydrogen-bond acceptors (Lipinski definition) is 3. The van der Waals surface area contributed by atoms with E-state index in [4.69, 9.17) is 4.74 Å². The van der Waals surface area contributed by atoms with Crippen LogP contribution in [0.1, 0.15) is 11.4 Å². The molecule has 0 bridgehead atoms. The minimum atomic E-state index is 0.279. The van der Waals surface area contributed by atoms with Gasteiger partial charge in [0.2, 0.25) is 0 Å². The van der Waals surface area contributed by atoms with Crippen LogP contribution < -0.4 is 0 Å². The maximum absolute atomic E-state index is 5.71. The number of nitrogens with zero attached hydrogens (tertiary/aromatic N) is 3. The molecule has 0 aliphatic carbocycles. The predicted octanol–water partition coefficient (Wildman–Crippen LogP) is 0.831. The molecule has 2 heterocycles. The smallest absolute Gasteiger partial charge is 0.0898 e. The van der Waals surface area contributed by atoms with Crippen LogP contribution >= 0.6 is 0 Å². The first-order chi connectivity index (χ1) is 7.15. The zero-order valence-corrected chi connectivity index (χ0v) is 9.73. The topological polar surface area (TPSA) is 30.3 Å². The third kappa shape index (κ3) is 2.58. The summed E-state index contributed by atoms with van der Waals surface area (Å²) in [6.07, 6.45) is 0.279. The number of aryl methyl sites for hydroxylation is 2. The largest absolute Gasteiger partial charge is 0.374 e. The number of hydrogen-bond donors (Lipinski definition) is 0. The van der Waals surface area contributed by atoms with Crippen molar-refractivity contribution in [2.24, 2.45) is 0 Å². The molecular weight excluding hydrogens is 190 g/mol. The van der Waals surface area contributed by atoms with Crippen molar-refractivity contribution < 1.29 is 4.74 Å². The third-order valence-electron chi connectivity index (χ3n) is 2.82. The molecule has 1 aromatic heterocycles. The van der Waals surface area contributed by atoms with Crippen LogP contribution in [0.15, 0.2) is 6.07 Å². The Kier molecular flexibility index (Phi) is 3.07. The molecule has 4 nitrogen and oxygen atoms in total. The molecule has 1 unspecified atom stereocenters. The van der Waals surface area contributed by atoms with E-state index in [1.165, 1.54) is 5.69 Å². The molecular formula is C11H19N3O. The molecule has 4 heteroatoms. The summed E-state index contributed by atoms with van der Waals surface area (Å²) in [7, 11) is 2.14. The van der Waals surface area contributed by atoms with Crippen LogP contribution in [-0.2, 0) is 11.3 Å². The molecule has 0 N–H and O–H groups in total. The fraction of sp³-hybridized carbons (Fsp3) is 0.727. The summed E-state index contributed by atoms with van der Waals surface area (Å²) in [5.74, 6) is 0. The Labute approximate surface area is 90.8 Å². The zero-order chi connectivity index (χ0) is 10.8. The van der Waals surface area contributed by atoms with Crippen molar-refractivity contribution in [1.82, 2.24) is 14.7 Å². The van der Waals surface area contributed by atoms with Crippen molar-refractivity contribution >= 4 is 0 Å². The Morgan fingerprint density at radius 3 is 2.93 bits per heavy atom. The summed E-state index contributed by atoms with van der Waals surface area (Å²) < 4.78 is 7.75. The van der Waals surface area contributed by atoms with E-state index < -0.39 is 0 Å². The number of rotatable bonds is 2. The van der Waals surface area contributed by atoms with Crippen LogP contribution in [0.5, 0.6) is 0 Å². The van der Waals surface area contributed by atoms with Gasteiger partial charge in [0, 0.05) is 18.8 Å². The molecule has 84 valence electrons. The number of morpholine rings is 1. The van der Waals surface area contributed by atoms with Gasteiger partial charge in [-0.3, -0.25) is 4.68 Å². The van der Waals surface area contributed by atoms with Crippen molar-refractivity contribution in [3.05, 3.63) is 17.5 Å². The minimum Gasteiger partial charge on any atom is -0.374 e. The first-order valence-electron chi connectivity index (χ1n) is 5.46. The SMILES string of the molecule is Cc1cc(C)n(CC2CN(C)CCO2)n1. The predicted molar refractivity (Wildman–Crippen MR) is 58.9 cm³/mol. The summed E-state index contributed by atoms with van der Waals surface area (Å²) in [6.45, 7) is 7.85. The first-order valence-corrected chi connectivity index (χ1v) is 5.46. The monoisotopic (exact) mass is 209 g/mol. The summed E-state index contributed by atoms with van der Waals surface area (Å²) >= 11 is 0. The van der Waals surface area contributed by atoms with Gasteiger partial charge in [0.15, 0.2) is 0 Å². The lowest BCUT2D eigenvalue weighted by Crippen LogP contribution is -2.42. The molecule has 15 heavy (non-hydrogen) atoms. The highest BCUT2D eigenvalue weighted by atomic mass is 16.5. The summed E-state index contributed by atoms with van der Waals surface area (Å²) in [4.78, 5) is 2.31. The second kappa shape index (κ2) is 4.33. The van der Waals surface area contributed by atoms with E-state index in [-0.39, 0.29) is 6.10 Å². The van der Waals surface area contributed by atoms with Gasteiger partial charge >= 0.3 is 0 Å². The van der Waals surface area contributed by atoms with Crippen LogP contribution in [0, 0.1) is 13.8 Å². The molecule has 0 amide bonds. The molecule has 1 saturated heterocycles. The van der Waals surface area contributed by atoms with Crippen LogP contribution in [0.3, 0.4) is 0 Å². The van der Waals surface area contributed by atoms with Gasteiger partial charge in [-0.25, -0.2) is 0 Å². The van der Waals surface area contributed by atoms with E-state index in [0.717, 1.165) is 31.9 Å². The van der Waals surface area contributed by atoms with Gasteiger partial charge in [-0.2, -0.15) is 5.10 Å². The molecule has 0 radical (unpaired) electrons. The summed E-state index contributed by atoms with van der Waals surface area (Å²) in [6, 6.07) is 2.10. The first kappa shape index (κ1) is 10.6. The normalized spacial score (nSPS) is 23.3. The van der Waals surface area contributed by atoms with Crippen molar-refractivity contribution in [2.75, 3.05) is 26.7 Å². The number of likely N-dealkylation sites (N-methyl/N-ethyl adjacent to an activating group) is 1. The summed E-state index contributed by atoms with van der Waals surface area (Å²) in [5.41, 5.74) is 2.29. The lowest BCUT2D eigenvalue weighted by molar-refractivity contribution is -0.0293. The average molecular weight is 209 g/mol. The lowest BCUT2D eigenvalue weighted by Gasteiger charge is -2.30. The quantitative estimate of drug-likeness (QED) is 0.723. The summed E-state index contributed by atoms with van der Waals surface area (Å²) in [5, 5.41) is 4.45.